The van der Waals surface area contributed by atoms with Crippen LogP contribution in [0.4, 0.5) is 0 Å². The second kappa shape index (κ2) is 6.41. The molecule has 22 heavy (non-hydrogen) atoms. The summed E-state index contributed by atoms with van der Waals surface area (Å²) in [6.07, 6.45) is 5.85. The van der Waals surface area contributed by atoms with Crippen LogP contribution in [0.1, 0.15) is 49.9 Å². The average Bonchev–Trinajstić information content (AvgIpc) is 3.07. The van der Waals surface area contributed by atoms with E-state index >= 15 is 0 Å². The summed E-state index contributed by atoms with van der Waals surface area (Å²) in [5.74, 6) is 0.286. The van der Waals surface area contributed by atoms with Gasteiger partial charge in [-0.15, -0.1) is 0 Å². The summed E-state index contributed by atoms with van der Waals surface area (Å²) in [7, 11) is 0. The van der Waals surface area contributed by atoms with Gasteiger partial charge in [-0.25, -0.2) is 0 Å². The fourth-order valence-corrected chi connectivity index (χ4v) is 3.75. The van der Waals surface area contributed by atoms with Gasteiger partial charge in [0.2, 0.25) is 5.91 Å². The zero-order chi connectivity index (χ0) is 15.6. The molecule has 0 bridgehead atoms. The molecule has 3 heterocycles. The molecule has 0 aromatic carbocycles. The summed E-state index contributed by atoms with van der Waals surface area (Å²) in [5, 5.41) is 4.44. The maximum atomic E-state index is 12.3. The number of carbonyl (C=O) groups excluding carboxylic acids is 1. The van der Waals surface area contributed by atoms with Gasteiger partial charge in [-0.3, -0.25) is 9.48 Å². The Bertz CT molecular complexity index is 522. The Balaban J connectivity index is 1.42. The van der Waals surface area contributed by atoms with Crippen LogP contribution in [0.15, 0.2) is 6.07 Å². The number of hydrogen-bond donors (Lipinski definition) is 0. The van der Waals surface area contributed by atoms with Gasteiger partial charge < -0.3 is 9.64 Å². The molecule has 0 unspecified atom stereocenters. The van der Waals surface area contributed by atoms with Crippen molar-refractivity contribution in [2.75, 3.05) is 19.7 Å². The number of likely N-dealkylation sites (tertiary alicyclic amines) is 1. The largest absolute Gasteiger partial charge is 0.375 e. The highest BCUT2D eigenvalue weighted by Gasteiger charge is 2.39. The number of nitrogens with zero attached hydrogens (tertiary/aromatic N) is 3. The highest BCUT2D eigenvalue weighted by molar-refractivity contribution is 5.76. The summed E-state index contributed by atoms with van der Waals surface area (Å²) in [6.45, 7) is 7.51. The number of piperidine rings is 1. The summed E-state index contributed by atoms with van der Waals surface area (Å²) >= 11 is 0. The molecule has 0 aliphatic carbocycles. The van der Waals surface area contributed by atoms with E-state index < -0.39 is 0 Å². The minimum absolute atomic E-state index is 0.0977. The van der Waals surface area contributed by atoms with Gasteiger partial charge in [0.1, 0.15) is 0 Å². The molecular weight excluding hydrogens is 278 g/mol. The predicted octanol–water partition coefficient (Wildman–Crippen LogP) is 2.45. The van der Waals surface area contributed by atoms with Crippen LogP contribution in [0.5, 0.6) is 0 Å². The SMILES string of the molecule is Cc1cc(C)n(CCCC(=O)N2CCC3(CCCO3)CC2)n1. The summed E-state index contributed by atoms with van der Waals surface area (Å²) in [4.78, 5) is 14.4. The van der Waals surface area contributed by atoms with Gasteiger partial charge in [0.25, 0.3) is 0 Å². The lowest BCUT2D eigenvalue weighted by Gasteiger charge is -2.38. The highest BCUT2D eigenvalue weighted by Crippen LogP contribution is 2.35. The molecule has 2 aliphatic heterocycles. The molecular formula is C17H27N3O2. The number of hydrogen-bond acceptors (Lipinski definition) is 3. The van der Waals surface area contributed by atoms with Crippen molar-refractivity contribution in [2.45, 2.75) is 64.5 Å². The number of rotatable bonds is 4. The molecule has 3 rings (SSSR count). The maximum Gasteiger partial charge on any atom is 0.222 e. The second-order valence-electron chi connectivity index (χ2n) is 6.77. The van der Waals surface area contributed by atoms with Gasteiger partial charge in [-0.2, -0.15) is 5.10 Å². The van der Waals surface area contributed by atoms with E-state index in [0.717, 1.165) is 51.2 Å². The smallest absolute Gasteiger partial charge is 0.222 e. The minimum Gasteiger partial charge on any atom is -0.375 e. The molecule has 1 amide bonds. The van der Waals surface area contributed by atoms with Gasteiger partial charge in [0.05, 0.1) is 11.3 Å². The van der Waals surface area contributed by atoms with E-state index in [2.05, 4.69) is 18.1 Å². The van der Waals surface area contributed by atoms with Crippen molar-refractivity contribution in [3.05, 3.63) is 17.5 Å². The van der Waals surface area contributed by atoms with E-state index in [9.17, 15) is 4.79 Å². The number of amides is 1. The van der Waals surface area contributed by atoms with E-state index in [1.807, 2.05) is 16.5 Å². The fourth-order valence-electron chi connectivity index (χ4n) is 3.75. The van der Waals surface area contributed by atoms with E-state index in [1.165, 1.54) is 18.5 Å². The monoisotopic (exact) mass is 305 g/mol. The average molecular weight is 305 g/mol. The van der Waals surface area contributed by atoms with Gasteiger partial charge in [-0.1, -0.05) is 0 Å². The predicted molar refractivity (Wildman–Crippen MR) is 84.7 cm³/mol. The van der Waals surface area contributed by atoms with Gasteiger partial charge in [0, 0.05) is 38.4 Å². The van der Waals surface area contributed by atoms with E-state index in [4.69, 9.17) is 4.74 Å². The second-order valence-corrected chi connectivity index (χ2v) is 6.77. The quantitative estimate of drug-likeness (QED) is 0.858. The zero-order valence-corrected chi connectivity index (χ0v) is 13.8. The molecule has 1 aromatic heterocycles. The fraction of sp³-hybridized carbons (Fsp3) is 0.765. The molecule has 2 saturated heterocycles. The third-order valence-electron chi connectivity index (χ3n) is 5.08. The number of carbonyl (C=O) groups is 1. The van der Waals surface area contributed by atoms with Crippen molar-refractivity contribution in [3.63, 3.8) is 0 Å². The third-order valence-corrected chi connectivity index (χ3v) is 5.08. The Labute approximate surface area is 132 Å². The van der Waals surface area contributed by atoms with E-state index in [-0.39, 0.29) is 11.5 Å². The Morgan fingerprint density at radius 2 is 2.09 bits per heavy atom. The molecule has 5 nitrogen and oxygen atoms in total. The summed E-state index contributed by atoms with van der Waals surface area (Å²) < 4.78 is 7.91. The summed E-state index contributed by atoms with van der Waals surface area (Å²) in [5.41, 5.74) is 2.31. The van der Waals surface area contributed by atoms with Crippen LogP contribution < -0.4 is 0 Å². The molecule has 1 aromatic rings. The van der Waals surface area contributed by atoms with Gasteiger partial charge >= 0.3 is 0 Å². The normalized spacial score (nSPS) is 20.7. The van der Waals surface area contributed by atoms with Crippen molar-refractivity contribution >= 4 is 5.91 Å². The third kappa shape index (κ3) is 3.35. The first kappa shape index (κ1) is 15.5. The molecule has 2 aliphatic rings. The Morgan fingerprint density at radius 1 is 1.32 bits per heavy atom. The van der Waals surface area contributed by atoms with Crippen LogP contribution in [0, 0.1) is 13.8 Å². The first-order chi connectivity index (χ1) is 10.6. The molecule has 2 fully saturated rings. The molecule has 0 N–H and O–H groups in total. The molecule has 1 spiro atoms. The van der Waals surface area contributed by atoms with Crippen molar-refractivity contribution in [1.82, 2.24) is 14.7 Å². The van der Waals surface area contributed by atoms with Crippen LogP contribution >= 0.6 is 0 Å². The highest BCUT2D eigenvalue weighted by atomic mass is 16.5. The number of ether oxygens (including phenoxy) is 1. The van der Waals surface area contributed by atoms with E-state index in [0.29, 0.717) is 6.42 Å². The Hall–Kier alpha value is -1.36. The van der Waals surface area contributed by atoms with Gasteiger partial charge in [0.15, 0.2) is 0 Å². The van der Waals surface area contributed by atoms with E-state index in [1.54, 1.807) is 0 Å². The van der Waals surface area contributed by atoms with Crippen molar-refractivity contribution in [3.8, 4) is 0 Å². The molecule has 122 valence electrons. The molecule has 0 saturated carbocycles. The van der Waals surface area contributed by atoms with Crippen molar-refractivity contribution < 1.29 is 9.53 Å². The lowest BCUT2D eigenvalue weighted by Crippen LogP contribution is -2.46. The molecule has 0 atom stereocenters. The first-order valence-corrected chi connectivity index (χ1v) is 8.51. The lowest BCUT2D eigenvalue weighted by molar-refractivity contribution is -0.136. The topological polar surface area (TPSA) is 47.4 Å². The van der Waals surface area contributed by atoms with Crippen LogP contribution in [0.25, 0.3) is 0 Å². The summed E-state index contributed by atoms with van der Waals surface area (Å²) in [6, 6.07) is 2.08. The van der Waals surface area contributed by atoms with Crippen LogP contribution in [0.2, 0.25) is 0 Å². The standard InChI is InChI=1S/C17H27N3O2/c1-14-13-15(2)20(18-14)9-3-5-16(21)19-10-7-17(8-11-19)6-4-12-22-17/h13H,3-12H2,1-2H3. The Morgan fingerprint density at radius 3 is 2.68 bits per heavy atom. The lowest BCUT2D eigenvalue weighted by atomic mass is 9.88. The van der Waals surface area contributed by atoms with Crippen molar-refractivity contribution in [2.24, 2.45) is 0 Å². The van der Waals surface area contributed by atoms with Crippen LogP contribution in [0.3, 0.4) is 0 Å². The number of aryl methyl sites for hydroxylation is 3. The van der Waals surface area contributed by atoms with Crippen LogP contribution in [-0.4, -0.2) is 45.9 Å². The number of aromatic nitrogens is 2. The van der Waals surface area contributed by atoms with Crippen LogP contribution in [-0.2, 0) is 16.1 Å². The van der Waals surface area contributed by atoms with Gasteiger partial charge in [-0.05, 0) is 52.0 Å². The minimum atomic E-state index is 0.0977. The molecule has 5 heteroatoms. The Kier molecular flexibility index (Phi) is 4.52. The zero-order valence-electron chi connectivity index (χ0n) is 13.8. The first-order valence-electron chi connectivity index (χ1n) is 8.51. The maximum absolute atomic E-state index is 12.3. The van der Waals surface area contributed by atoms with Crippen molar-refractivity contribution in [1.29, 1.82) is 0 Å². The molecule has 0 radical (unpaired) electrons.